The third-order valence-corrected chi connectivity index (χ3v) is 4.20. The molecule has 0 aliphatic carbocycles. The third-order valence-electron chi connectivity index (χ3n) is 2.60. The highest BCUT2D eigenvalue weighted by atomic mass is 79.9. The van der Waals surface area contributed by atoms with Crippen molar-refractivity contribution in [1.29, 1.82) is 0 Å². The summed E-state index contributed by atoms with van der Waals surface area (Å²) >= 11 is 4.66. The molecule has 1 N–H and O–H groups in total. The predicted octanol–water partition coefficient (Wildman–Crippen LogP) is 5.10. The summed E-state index contributed by atoms with van der Waals surface area (Å²) in [4.78, 5) is 5.21. The zero-order valence-electron chi connectivity index (χ0n) is 10.6. The molecule has 1 aromatic heterocycles. The zero-order valence-corrected chi connectivity index (χ0v) is 13.0. The van der Waals surface area contributed by atoms with Crippen molar-refractivity contribution < 1.29 is 13.2 Å². The molecule has 2 aromatic rings. The lowest BCUT2D eigenvalue weighted by atomic mass is 10.2. The Kier molecular flexibility index (Phi) is 4.70. The quantitative estimate of drug-likeness (QED) is 0.816. The molecular formula is C13H12BrF3N2S. The van der Waals surface area contributed by atoms with Gasteiger partial charge in [-0.15, -0.1) is 11.3 Å². The number of halogens is 4. The summed E-state index contributed by atoms with van der Waals surface area (Å²) in [5, 5.41) is 4.01. The lowest BCUT2D eigenvalue weighted by Gasteiger charge is -2.11. The summed E-state index contributed by atoms with van der Waals surface area (Å²) in [6.07, 6.45) is -1.74. The minimum atomic E-state index is -4.35. The summed E-state index contributed by atoms with van der Waals surface area (Å²) < 4.78 is 38.5. The average Bonchev–Trinajstić information content (AvgIpc) is 2.82. The number of hydrogen-bond donors (Lipinski definition) is 1. The first kappa shape index (κ1) is 15.3. The number of aryl methyl sites for hydroxylation is 1. The van der Waals surface area contributed by atoms with Gasteiger partial charge in [-0.05, 0) is 24.6 Å². The molecule has 0 bridgehead atoms. The number of benzene rings is 1. The van der Waals surface area contributed by atoms with E-state index in [4.69, 9.17) is 0 Å². The molecule has 0 radical (unpaired) electrons. The Bertz CT molecular complexity index is 596. The first-order valence-electron chi connectivity index (χ1n) is 5.93. The fourth-order valence-electron chi connectivity index (χ4n) is 1.64. The molecule has 7 heteroatoms. The average molecular weight is 365 g/mol. The minimum Gasteiger partial charge on any atom is -0.380 e. The molecule has 0 saturated carbocycles. The van der Waals surface area contributed by atoms with Crippen molar-refractivity contribution in [1.82, 2.24) is 4.98 Å². The van der Waals surface area contributed by atoms with Crippen LogP contribution in [0, 0.1) is 0 Å². The van der Waals surface area contributed by atoms with Crippen molar-refractivity contribution in [3.8, 4) is 0 Å². The number of rotatable bonds is 4. The maximum absolute atomic E-state index is 12.7. The lowest BCUT2D eigenvalue weighted by Crippen LogP contribution is -2.06. The number of nitrogens with zero attached hydrogens (tertiary/aromatic N) is 1. The van der Waals surface area contributed by atoms with E-state index in [2.05, 4.69) is 26.2 Å². The molecule has 1 heterocycles. The van der Waals surface area contributed by atoms with E-state index in [9.17, 15) is 13.2 Å². The molecule has 20 heavy (non-hydrogen) atoms. The monoisotopic (exact) mass is 364 g/mol. The van der Waals surface area contributed by atoms with Gasteiger partial charge >= 0.3 is 6.18 Å². The normalized spacial score (nSPS) is 11.7. The van der Waals surface area contributed by atoms with Crippen molar-refractivity contribution >= 4 is 33.0 Å². The Hall–Kier alpha value is -1.08. The van der Waals surface area contributed by atoms with Crippen molar-refractivity contribution in [2.24, 2.45) is 0 Å². The molecule has 0 fully saturated rings. The van der Waals surface area contributed by atoms with Crippen LogP contribution >= 0.6 is 27.3 Å². The van der Waals surface area contributed by atoms with E-state index in [1.165, 1.54) is 0 Å². The van der Waals surface area contributed by atoms with Gasteiger partial charge in [-0.3, -0.25) is 0 Å². The van der Waals surface area contributed by atoms with E-state index >= 15 is 0 Å². The van der Waals surface area contributed by atoms with Crippen molar-refractivity contribution in [2.45, 2.75) is 26.1 Å². The van der Waals surface area contributed by atoms with Gasteiger partial charge in [0.2, 0.25) is 0 Å². The number of aromatic nitrogens is 1. The molecular weight excluding hydrogens is 353 g/mol. The van der Waals surface area contributed by atoms with Crippen molar-refractivity contribution in [2.75, 3.05) is 5.32 Å². The lowest BCUT2D eigenvalue weighted by molar-refractivity contribution is -0.137. The summed E-state index contributed by atoms with van der Waals surface area (Å²) in [7, 11) is 0. The Morgan fingerprint density at radius 2 is 2.05 bits per heavy atom. The smallest absolute Gasteiger partial charge is 0.380 e. The van der Waals surface area contributed by atoms with Gasteiger partial charge in [0.25, 0.3) is 0 Å². The first-order chi connectivity index (χ1) is 9.38. The van der Waals surface area contributed by atoms with E-state index in [1.807, 2.05) is 6.92 Å². The van der Waals surface area contributed by atoms with Gasteiger partial charge in [0.05, 0.1) is 17.1 Å². The molecule has 0 unspecified atom stereocenters. The van der Waals surface area contributed by atoms with Gasteiger partial charge < -0.3 is 5.32 Å². The molecule has 0 spiro atoms. The van der Waals surface area contributed by atoms with Gasteiger partial charge in [-0.25, -0.2) is 4.98 Å². The van der Waals surface area contributed by atoms with Gasteiger partial charge in [-0.1, -0.05) is 22.9 Å². The standard InChI is InChI=1S/C13H12BrF3N2S/c1-2-12-19-7-11(20-12)6-18-10-4-8(13(15,16)17)3-9(14)5-10/h3-5,7,18H,2,6H2,1H3. The second-order valence-corrected chi connectivity index (χ2v) is 6.27. The Labute approximate surface area is 127 Å². The Morgan fingerprint density at radius 1 is 1.30 bits per heavy atom. The summed E-state index contributed by atoms with van der Waals surface area (Å²) in [6, 6.07) is 3.79. The van der Waals surface area contributed by atoms with Crippen LogP contribution in [-0.4, -0.2) is 4.98 Å². The molecule has 0 saturated heterocycles. The van der Waals surface area contributed by atoms with Crippen LogP contribution < -0.4 is 5.32 Å². The maximum Gasteiger partial charge on any atom is 0.416 e. The molecule has 2 nitrogen and oxygen atoms in total. The Balaban J connectivity index is 2.11. The summed E-state index contributed by atoms with van der Waals surface area (Å²) in [5.74, 6) is 0. The van der Waals surface area contributed by atoms with Crippen LogP contribution in [0.2, 0.25) is 0 Å². The number of alkyl halides is 3. The van der Waals surface area contributed by atoms with Crippen molar-refractivity contribution in [3.05, 3.63) is 44.3 Å². The first-order valence-corrected chi connectivity index (χ1v) is 7.54. The highest BCUT2D eigenvalue weighted by molar-refractivity contribution is 9.10. The number of nitrogens with one attached hydrogen (secondary N) is 1. The number of anilines is 1. The predicted molar refractivity (Wildman–Crippen MR) is 78.0 cm³/mol. The van der Waals surface area contributed by atoms with E-state index in [-0.39, 0.29) is 0 Å². The van der Waals surface area contributed by atoms with E-state index in [0.29, 0.717) is 16.7 Å². The highest BCUT2D eigenvalue weighted by Gasteiger charge is 2.31. The fraction of sp³-hybridized carbons (Fsp3) is 0.308. The highest BCUT2D eigenvalue weighted by Crippen LogP contribution is 2.33. The van der Waals surface area contributed by atoms with E-state index < -0.39 is 11.7 Å². The molecule has 108 valence electrons. The van der Waals surface area contributed by atoms with Crippen LogP contribution in [0.25, 0.3) is 0 Å². The zero-order chi connectivity index (χ0) is 14.8. The van der Waals surface area contributed by atoms with Crippen LogP contribution in [0.4, 0.5) is 18.9 Å². The second kappa shape index (κ2) is 6.13. The van der Waals surface area contributed by atoms with Gasteiger partial charge in [0, 0.05) is 21.2 Å². The topological polar surface area (TPSA) is 24.9 Å². The summed E-state index contributed by atoms with van der Waals surface area (Å²) in [5.41, 5.74) is -0.244. The molecule has 0 amide bonds. The molecule has 0 aliphatic heterocycles. The van der Waals surface area contributed by atoms with Crippen molar-refractivity contribution in [3.63, 3.8) is 0 Å². The number of thiazole rings is 1. The van der Waals surface area contributed by atoms with Gasteiger partial charge in [0.1, 0.15) is 0 Å². The minimum absolute atomic E-state index is 0.397. The molecule has 0 atom stereocenters. The van der Waals surface area contributed by atoms with Gasteiger partial charge in [0.15, 0.2) is 0 Å². The Morgan fingerprint density at radius 3 is 2.65 bits per heavy atom. The van der Waals surface area contributed by atoms with E-state index in [1.54, 1.807) is 23.6 Å². The third kappa shape index (κ3) is 3.96. The largest absolute Gasteiger partial charge is 0.416 e. The van der Waals surface area contributed by atoms with Crippen LogP contribution in [0.5, 0.6) is 0 Å². The SMILES string of the molecule is CCc1ncc(CNc2cc(Br)cc(C(F)(F)F)c2)s1. The van der Waals surface area contributed by atoms with Crippen LogP contribution in [0.1, 0.15) is 22.4 Å². The molecule has 0 aliphatic rings. The summed E-state index contributed by atoms with van der Waals surface area (Å²) in [6.45, 7) is 2.48. The molecule has 2 rings (SSSR count). The fourth-order valence-corrected chi connectivity index (χ4v) is 2.93. The second-order valence-electron chi connectivity index (χ2n) is 4.15. The van der Waals surface area contributed by atoms with Gasteiger partial charge in [-0.2, -0.15) is 13.2 Å². The van der Waals surface area contributed by atoms with Crippen LogP contribution in [-0.2, 0) is 19.1 Å². The van der Waals surface area contributed by atoms with Crippen LogP contribution in [0.15, 0.2) is 28.9 Å². The number of hydrogen-bond acceptors (Lipinski definition) is 3. The van der Waals surface area contributed by atoms with E-state index in [0.717, 1.165) is 28.4 Å². The van der Waals surface area contributed by atoms with Crippen LogP contribution in [0.3, 0.4) is 0 Å². The maximum atomic E-state index is 12.7. The molecule has 1 aromatic carbocycles.